The summed E-state index contributed by atoms with van der Waals surface area (Å²) in [5, 5.41) is 0. The first-order valence-corrected chi connectivity index (χ1v) is 7.13. The SMILES string of the molecule is CC1(C)CC(c2ccc(-c3ccccc3)cc2)=CCO1. The van der Waals surface area contributed by atoms with Gasteiger partial charge >= 0.3 is 0 Å². The molecule has 2 aromatic rings. The second-order valence-electron chi connectivity index (χ2n) is 5.92. The van der Waals surface area contributed by atoms with Crippen LogP contribution >= 0.6 is 0 Å². The Balaban J connectivity index is 1.85. The summed E-state index contributed by atoms with van der Waals surface area (Å²) >= 11 is 0. The highest BCUT2D eigenvalue weighted by Gasteiger charge is 2.24. The van der Waals surface area contributed by atoms with Crippen LogP contribution < -0.4 is 0 Å². The van der Waals surface area contributed by atoms with E-state index in [1.54, 1.807) is 0 Å². The van der Waals surface area contributed by atoms with Gasteiger partial charge in [-0.3, -0.25) is 0 Å². The summed E-state index contributed by atoms with van der Waals surface area (Å²) in [5.74, 6) is 0. The minimum absolute atomic E-state index is 0.0534. The van der Waals surface area contributed by atoms with Gasteiger partial charge in [0.1, 0.15) is 0 Å². The van der Waals surface area contributed by atoms with Crippen molar-refractivity contribution in [3.05, 3.63) is 66.2 Å². The minimum atomic E-state index is -0.0534. The van der Waals surface area contributed by atoms with Crippen molar-refractivity contribution in [2.24, 2.45) is 0 Å². The molecule has 0 spiro atoms. The van der Waals surface area contributed by atoms with Crippen molar-refractivity contribution in [2.45, 2.75) is 25.9 Å². The molecule has 0 fully saturated rings. The van der Waals surface area contributed by atoms with E-state index in [2.05, 4.69) is 68.5 Å². The van der Waals surface area contributed by atoms with Crippen molar-refractivity contribution in [1.82, 2.24) is 0 Å². The zero-order valence-corrected chi connectivity index (χ0v) is 12.1. The first-order chi connectivity index (χ1) is 9.64. The van der Waals surface area contributed by atoms with Crippen LogP contribution in [0, 0.1) is 0 Å². The number of benzene rings is 2. The molecule has 1 nitrogen and oxygen atoms in total. The molecule has 0 bridgehead atoms. The molecule has 0 aliphatic carbocycles. The molecule has 2 aromatic carbocycles. The Morgan fingerprint density at radius 3 is 2.05 bits per heavy atom. The first kappa shape index (κ1) is 13.1. The Bertz CT molecular complexity index is 606. The second-order valence-corrected chi connectivity index (χ2v) is 5.92. The summed E-state index contributed by atoms with van der Waals surface area (Å²) in [4.78, 5) is 0. The molecule has 1 heterocycles. The smallest absolute Gasteiger partial charge is 0.0671 e. The van der Waals surface area contributed by atoms with Crippen molar-refractivity contribution >= 4 is 5.57 Å². The number of ether oxygens (including phenoxy) is 1. The monoisotopic (exact) mass is 264 g/mol. The number of hydrogen-bond donors (Lipinski definition) is 0. The molecule has 3 rings (SSSR count). The van der Waals surface area contributed by atoms with Crippen molar-refractivity contribution in [3.8, 4) is 11.1 Å². The summed E-state index contributed by atoms with van der Waals surface area (Å²) in [6, 6.07) is 19.3. The molecule has 1 heteroatoms. The van der Waals surface area contributed by atoms with Gasteiger partial charge in [0.25, 0.3) is 0 Å². The van der Waals surface area contributed by atoms with Gasteiger partial charge in [0.15, 0.2) is 0 Å². The third kappa shape index (κ3) is 2.83. The van der Waals surface area contributed by atoms with Crippen LogP contribution in [0.25, 0.3) is 16.7 Å². The Labute approximate surface area is 120 Å². The fourth-order valence-corrected chi connectivity index (χ4v) is 2.68. The van der Waals surface area contributed by atoms with Crippen LogP contribution in [-0.4, -0.2) is 12.2 Å². The minimum Gasteiger partial charge on any atom is -0.371 e. The second kappa shape index (κ2) is 5.26. The third-order valence-corrected chi connectivity index (χ3v) is 3.78. The Morgan fingerprint density at radius 2 is 1.40 bits per heavy atom. The zero-order valence-electron chi connectivity index (χ0n) is 12.1. The molecule has 0 atom stereocenters. The molecule has 0 radical (unpaired) electrons. The van der Waals surface area contributed by atoms with E-state index >= 15 is 0 Å². The maximum atomic E-state index is 5.73. The quantitative estimate of drug-likeness (QED) is 0.746. The molecule has 1 aliphatic heterocycles. The predicted octanol–water partition coefficient (Wildman–Crippen LogP) is 4.94. The van der Waals surface area contributed by atoms with Gasteiger partial charge in [0.05, 0.1) is 12.2 Å². The topological polar surface area (TPSA) is 9.23 Å². The first-order valence-electron chi connectivity index (χ1n) is 7.13. The van der Waals surface area contributed by atoms with E-state index in [1.165, 1.54) is 22.3 Å². The zero-order chi connectivity index (χ0) is 14.0. The highest BCUT2D eigenvalue weighted by atomic mass is 16.5. The molecule has 0 saturated carbocycles. The van der Waals surface area contributed by atoms with Crippen molar-refractivity contribution in [1.29, 1.82) is 0 Å². The summed E-state index contributed by atoms with van der Waals surface area (Å²) in [7, 11) is 0. The summed E-state index contributed by atoms with van der Waals surface area (Å²) in [6.45, 7) is 5.01. The largest absolute Gasteiger partial charge is 0.371 e. The number of rotatable bonds is 2. The molecular formula is C19H20O. The van der Waals surface area contributed by atoms with Crippen LogP contribution in [0.2, 0.25) is 0 Å². The summed E-state index contributed by atoms with van der Waals surface area (Å²) < 4.78 is 5.73. The average Bonchev–Trinajstić information content (AvgIpc) is 2.47. The summed E-state index contributed by atoms with van der Waals surface area (Å²) in [6.07, 6.45) is 3.17. The summed E-state index contributed by atoms with van der Waals surface area (Å²) in [5.41, 5.74) is 5.17. The predicted molar refractivity (Wildman–Crippen MR) is 84.5 cm³/mol. The molecule has 0 N–H and O–H groups in total. The lowest BCUT2D eigenvalue weighted by atomic mass is 9.90. The molecule has 0 saturated heterocycles. The molecule has 0 aromatic heterocycles. The van der Waals surface area contributed by atoms with E-state index in [-0.39, 0.29) is 5.60 Å². The normalized spacial score (nSPS) is 17.6. The van der Waals surface area contributed by atoms with E-state index in [0.717, 1.165) is 6.42 Å². The van der Waals surface area contributed by atoms with Crippen molar-refractivity contribution < 1.29 is 4.74 Å². The molecule has 20 heavy (non-hydrogen) atoms. The third-order valence-electron chi connectivity index (χ3n) is 3.78. The highest BCUT2D eigenvalue weighted by Crippen LogP contribution is 2.32. The molecule has 102 valence electrons. The lowest BCUT2D eigenvalue weighted by Crippen LogP contribution is -2.28. The van der Waals surface area contributed by atoms with E-state index < -0.39 is 0 Å². The van der Waals surface area contributed by atoms with Crippen LogP contribution in [0.15, 0.2) is 60.7 Å². The van der Waals surface area contributed by atoms with Crippen molar-refractivity contribution in [2.75, 3.05) is 6.61 Å². The van der Waals surface area contributed by atoms with Crippen LogP contribution in [-0.2, 0) is 4.74 Å². The maximum Gasteiger partial charge on any atom is 0.0671 e. The molecule has 0 unspecified atom stereocenters. The van der Waals surface area contributed by atoms with Crippen LogP contribution in [0.1, 0.15) is 25.8 Å². The van der Waals surface area contributed by atoms with Crippen LogP contribution in [0.3, 0.4) is 0 Å². The van der Waals surface area contributed by atoms with Gasteiger partial charge in [-0.1, -0.05) is 60.7 Å². The van der Waals surface area contributed by atoms with E-state index in [9.17, 15) is 0 Å². The van der Waals surface area contributed by atoms with Gasteiger partial charge in [0, 0.05) is 6.42 Å². The average molecular weight is 264 g/mol. The van der Waals surface area contributed by atoms with Gasteiger partial charge in [-0.25, -0.2) is 0 Å². The fraction of sp³-hybridized carbons (Fsp3) is 0.263. The Morgan fingerprint density at radius 1 is 0.800 bits per heavy atom. The molecule has 1 aliphatic rings. The molecule has 0 amide bonds. The highest BCUT2D eigenvalue weighted by molar-refractivity contribution is 5.71. The maximum absolute atomic E-state index is 5.73. The van der Waals surface area contributed by atoms with E-state index in [0.29, 0.717) is 6.61 Å². The van der Waals surface area contributed by atoms with E-state index in [4.69, 9.17) is 4.74 Å². The van der Waals surface area contributed by atoms with Gasteiger partial charge < -0.3 is 4.74 Å². The molecular weight excluding hydrogens is 244 g/mol. The van der Waals surface area contributed by atoms with E-state index in [1.807, 2.05) is 6.07 Å². The standard InChI is InChI=1S/C19H20O/c1-19(2)14-18(12-13-20-19)17-10-8-16(9-11-17)15-6-4-3-5-7-15/h3-12H,13-14H2,1-2H3. The van der Waals surface area contributed by atoms with Crippen molar-refractivity contribution in [3.63, 3.8) is 0 Å². The lowest BCUT2D eigenvalue weighted by Gasteiger charge is -2.30. The Hall–Kier alpha value is -1.86. The van der Waals surface area contributed by atoms with Crippen LogP contribution in [0.5, 0.6) is 0 Å². The van der Waals surface area contributed by atoms with Gasteiger partial charge in [-0.2, -0.15) is 0 Å². The van der Waals surface area contributed by atoms with Crippen LogP contribution in [0.4, 0.5) is 0 Å². The van der Waals surface area contributed by atoms with Gasteiger partial charge in [-0.15, -0.1) is 0 Å². The fourth-order valence-electron chi connectivity index (χ4n) is 2.68. The lowest BCUT2D eigenvalue weighted by molar-refractivity contribution is -0.00298. The number of hydrogen-bond acceptors (Lipinski definition) is 1. The van der Waals surface area contributed by atoms with Gasteiger partial charge in [-0.05, 0) is 36.1 Å². The van der Waals surface area contributed by atoms with Gasteiger partial charge in [0.2, 0.25) is 0 Å². The Kier molecular flexibility index (Phi) is 3.45.